The van der Waals surface area contributed by atoms with Crippen LogP contribution < -0.4 is 0 Å². The molecule has 4 nitrogen and oxygen atoms in total. The third kappa shape index (κ3) is 5.32. The van der Waals surface area contributed by atoms with Crippen LogP contribution in [0.15, 0.2) is 103 Å². The number of para-hydroxylation sites is 4. The van der Waals surface area contributed by atoms with E-state index in [1.807, 2.05) is 78.9 Å². The number of nitrogens with zero attached hydrogens (tertiary/aromatic N) is 3. The van der Waals surface area contributed by atoms with Crippen LogP contribution in [0.5, 0.6) is 5.75 Å². The van der Waals surface area contributed by atoms with Crippen LogP contribution in [-0.2, 0) is 26.5 Å². The van der Waals surface area contributed by atoms with Gasteiger partial charge in [-0.1, -0.05) is 83.1 Å². The first-order valence-corrected chi connectivity index (χ1v) is 14.1. The molecule has 0 aliphatic heterocycles. The van der Waals surface area contributed by atoms with E-state index < -0.39 is 0 Å². The minimum absolute atomic E-state index is 0. The van der Waals surface area contributed by atoms with Crippen molar-refractivity contribution in [3.63, 3.8) is 0 Å². The minimum Gasteiger partial charge on any atom is -0.506 e. The quantitative estimate of drug-likeness (QED) is 0.180. The predicted molar refractivity (Wildman–Crippen MR) is 168 cm³/mol. The van der Waals surface area contributed by atoms with Gasteiger partial charge in [-0.3, -0.25) is 9.55 Å². The average Bonchev–Trinajstić information content (AvgIpc) is 3.36. The standard InChI is InChI=1S/C37H34N3O.Pt/c1-24(2)26-16-12-19-29(37(3,4)5)34(26)40-33-23-10-9-20-32(33)39-36(40)28-18-11-17-27(35(28)41)31-22-13-21-30(38-31)25-14-7-6-8-15-25;/h6-14,16-24,41H,1-5H3;/q-1;. The largest absolute Gasteiger partial charge is 0.506 e. The third-order valence-electron chi connectivity index (χ3n) is 7.57. The molecule has 0 amide bonds. The van der Waals surface area contributed by atoms with Crippen molar-refractivity contribution in [2.45, 2.75) is 46.0 Å². The van der Waals surface area contributed by atoms with Crippen LogP contribution in [0.25, 0.3) is 50.6 Å². The molecule has 42 heavy (non-hydrogen) atoms. The Bertz CT molecular complexity index is 1870. The van der Waals surface area contributed by atoms with Crippen molar-refractivity contribution in [2.75, 3.05) is 0 Å². The number of aromatic nitrogens is 3. The summed E-state index contributed by atoms with van der Waals surface area (Å²) in [6.45, 7) is 11.2. The fraction of sp³-hybridized carbons (Fsp3) is 0.189. The van der Waals surface area contributed by atoms with Gasteiger partial charge in [0.15, 0.2) is 0 Å². The second-order valence-electron chi connectivity index (χ2n) is 11.8. The summed E-state index contributed by atoms with van der Waals surface area (Å²) in [5, 5.41) is 11.9. The van der Waals surface area contributed by atoms with E-state index in [9.17, 15) is 5.11 Å². The van der Waals surface area contributed by atoms with Crippen molar-refractivity contribution in [1.29, 1.82) is 0 Å². The molecule has 0 unspecified atom stereocenters. The zero-order valence-electron chi connectivity index (χ0n) is 24.5. The van der Waals surface area contributed by atoms with E-state index in [0.717, 1.165) is 28.0 Å². The Morgan fingerprint density at radius 3 is 2.17 bits per heavy atom. The number of imidazole rings is 1. The van der Waals surface area contributed by atoms with Gasteiger partial charge in [0.1, 0.15) is 11.6 Å². The number of hydrogen-bond acceptors (Lipinski definition) is 3. The summed E-state index contributed by atoms with van der Waals surface area (Å²) in [5.41, 5.74) is 9.11. The monoisotopic (exact) mass is 731 g/mol. The molecule has 6 rings (SSSR count). The molecule has 0 bridgehead atoms. The van der Waals surface area contributed by atoms with E-state index >= 15 is 0 Å². The van der Waals surface area contributed by atoms with Crippen molar-refractivity contribution < 1.29 is 26.2 Å². The smallest absolute Gasteiger partial charge is 0.149 e. The Morgan fingerprint density at radius 1 is 0.738 bits per heavy atom. The van der Waals surface area contributed by atoms with Gasteiger partial charge in [0.05, 0.1) is 28.0 Å². The molecule has 6 aromatic rings. The number of benzene rings is 4. The van der Waals surface area contributed by atoms with Gasteiger partial charge in [0.2, 0.25) is 0 Å². The average molecular weight is 732 g/mol. The molecule has 1 N–H and O–H groups in total. The molecule has 214 valence electrons. The molecule has 0 saturated heterocycles. The number of fused-ring (bicyclic) bond motifs is 1. The molecule has 0 radical (unpaired) electrons. The first-order valence-electron chi connectivity index (χ1n) is 14.1. The number of hydrogen-bond donors (Lipinski definition) is 1. The molecular formula is C37H34N3OPt-. The summed E-state index contributed by atoms with van der Waals surface area (Å²) >= 11 is 0. The van der Waals surface area contributed by atoms with Gasteiger partial charge in [-0.25, -0.2) is 4.98 Å². The normalized spacial score (nSPS) is 11.6. The Morgan fingerprint density at radius 2 is 1.43 bits per heavy atom. The number of phenolic OH excluding ortho intramolecular Hbond substituents is 1. The maximum absolute atomic E-state index is 11.9. The van der Waals surface area contributed by atoms with Crippen LogP contribution in [0.2, 0.25) is 0 Å². The van der Waals surface area contributed by atoms with E-state index in [0.29, 0.717) is 28.6 Å². The number of aromatic hydroxyl groups is 1. The van der Waals surface area contributed by atoms with Gasteiger partial charge >= 0.3 is 0 Å². The molecule has 5 heteroatoms. The molecule has 0 aliphatic rings. The van der Waals surface area contributed by atoms with Crippen LogP contribution in [-0.4, -0.2) is 19.6 Å². The van der Waals surface area contributed by atoms with E-state index in [2.05, 4.69) is 69.5 Å². The SMILES string of the molecule is CC(C)c1cccc(C(C)(C)C)c1-n1c(-c2cccc(-c3cccc(-c4[c-]cccc4)n3)c2O)nc2ccccc21.[Pt]. The van der Waals surface area contributed by atoms with Crippen molar-refractivity contribution in [3.8, 4) is 45.3 Å². The zero-order valence-corrected chi connectivity index (χ0v) is 26.8. The molecule has 2 aromatic heterocycles. The topological polar surface area (TPSA) is 50.9 Å². The van der Waals surface area contributed by atoms with Crippen molar-refractivity contribution >= 4 is 11.0 Å². The molecule has 0 spiro atoms. The van der Waals surface area contributed by atoms with Crippen LogP contribution in [0.3, 0.4) is 0 Å². The molecular weight excluding hydrogens is 698 g/mol. The van der Waals surface area contributed by atoms with E-state index in [1.54, 1.807) is 0 Å². The minimum atomic E-state index is -0.106. The third-order valence-corrected chi connectivity index (χ3v) is 7.57. The van der Waals surface area contributed by atoms with Gasteiger partial charge in [-0.05, 0) is 58.5 Å². The molecule has 0 atom stereocenters. The van der Waals surface area contributed by atoms with Crippen LogP contribution in [0.1, 0.15) is 51.7 Å². The molecule has 0 saturated carbocycles. The van der Waals surface area contributed by atoms with Crippen molar-refractivity contribution in [1.82, 2.24) is 14.5 Å². The second kappa shape index (κ2) is 11.7. The van der Waals surface area contributed by atoms with Gasteiger partial charge in [0, 0.05) is 26.6 Å². The molecule has 2 heterocycles. The van der Waals surface area contributed by atoms with Crippen LogP contribution >= 0.6 is 0 Å². The molecule has 0 fully saturated rings. The van der Waals surface area contributed by atoms with Gasteiger partial charge in [0.25, 0.3) is 0 Å². The Kier molecular flexibility index (Phi) is 8.21. The maximum Gasteiger partial charge on any atom is 0.149 e. The fourth-order valence-electron chi connectivity index (χ4n) is 5.53. The number of rotatable bonds is 5. The van der Waals surface area contributed by atoms with E-state index in [-0.39, 0.29) is 32.2 Å². The predicted octanol–water partition coefficient (Wildman–Crippen LogP) is 9.35. The first-order chi connectivity index (χ1) is 19.7. The zero-order chi connectivity index (χ0) is 28.7. The second-order valence-corrected chi connectivity index (χ2v) is 11.8. The van der Waals surface area contributed by atoms with E-state index in [1.165, 1.54) is 11.1 Å². The van der Waals surface area contributed by atoms with E-state index in [4.69, 9.17) is 9.97 Å². The fourth-order valence-corrected chi connectivity index (χ4v) is 5.53. The van der Waals surface area contributed by atoms with Gasteiger partial charge < -0.3 is 5.11 Å². The summed E-state index contributed by atoms with van der Waals surface area (Å²) < 4.78 is 2.24. The molecule has 4 aromatic carbocycles. The summed E-state index contributed by atoms with van der Waals surface area (Å²) in [6.07, 6.45) is 0. The number of phenols is 1. The maximum atomic E-state index is 11.9. The summed E-state index contributed by atoms with van der Waals surface area (Å²) in [6, 6.07) is 37.5. The van der Waals surface area contributed by atoms with Crippen molar-refractivity contribution in [2.24, 2.45) is 0 Å². The van der Waals surface area contributed by atoms with Gasteiger partial charge in [-0.2, -0.15) is 0 Å². The first kappa shape index (κ1) is 29.5. The van der Waals surface area contributed by atoms with Crippen LogP contribution in [0.4, 0.5) is 0 Å². The number of pyridine rings is 1. The Labute approximate surface area is 262 Å². The summed E-state index contributed by atoms with van der Waals surface area (Å²) in [4.78, 5) is 10.0. The Balaban J connectivity index is 0.00000353. The summed E-state index contributed by atoms with van der Waals surface area (Å²) in [5.74, 6) is 1.16. The van der Waals surface area contributed by atoms with Gasteiger partial charge in [-0.15, -0.1) is 35.9 Å². The van der Waals surface area contributed by atoms with Crippen molar-refractivity contribution in [3.05, 3.63) is 120 Å². The summed E-state index contributed by atoms with van der Waals surface area (Å²) in [7, 11) is 0. The van der Waals surface area contributed by atoms with Crippen LogP contribution in [0, 0.1) is 6.07 Å². The Hall–Kier alpha value is -4.01. The molecule has 0 aliphatic carbocycles.